The van der Waals surface area contributed by atoms with E-state index in [1.807, 2.05) is 39.0 Å². The molecule has 41 heavy (non-hydrogen) atoms. The first-order valence-electron chi connectivity index (χ1n) is 12.6. The summed E-state index contributed by atoms with van der Waals surface area (Å²) < 4.78 is 61.9. The van der Waals surface area contributed by atoms with E-state index in [0.29, 0.717) is 22.8 Å². The number of methoxy groups -OCH3 is 1. The standard InChI is InChI=1S/C30H31N3O6S2/c1-21-8-12-25(13-9-21)33(41(37,38)28-18-14-26(39-4)15-19-28)20-29(34)31-24-10-16-27(17-11-24)40(35,36)32-30-22(2)6-5-7-23(30)3/h5-19,32H,20H2,1-4H3,(H,31,34). The molecule has 0 radical (unpaired) electrons. The third-order valence-electron chi connectivity index (χ3n) is 6.42. The highest BCUT2D eigenvalue weighted by Crippen LogP contribution is 2.27. The fraction of sp³-hybridized carbons (Fsp3) is 0.167. The van der Waals surface area contributed by atoms with Crippen LogP contribution in [0.3, 0.4) is 0 Å². The molecular weight excluding hydrogens is 562 g/mol. The van der Waals surface area contributed by atoms with Crippen molar-refractivity contribution in [2.45, 2.75) is 30.6 Å². The Labute approximate surface area is 240 Å². The fourth-order valence-electron chi connectivity index (χ4n) is 4.12. The van der Waals surface area contributed by atoms with E-state index < -0.39 is 32.5 Å². The van der Waals surface area contributed by atoms with Gasteiger partial charge >= 0.3 is 0 Å². The molecule has 11 heteroatoms. The monoisotopic (exact) mass is 593 g/mol. The molecule has 0 aromatic heterocycles. The number of sulfonamides is 2. The molecule has 214 valence electrons. The number of hydrogen-bond donors (Lipinski definition) is 2. The number of carbonyl (C=O) groups excluding carboxylic acids is 1. The Balaban J connectivity index is 1.54. The molecule has 0 aliphatic carbocycles. The number of nitrogens with one attached hydrogen (secondary N) is 2. The van der Waals surface area contributed by atoms with Crippen LogP contribution in [0.25, 0.3) is 0 Å². The highest BCUT2D eigenvalue weighted by atomic mass is 32.2. The van der Waals surface area contributed by atoms with Crippen molar-refractivity contribution in [2.75, 3.05) is 28.0 Å². The third kappa shape index (κ3) is 6.87. The van der Waals surface area contributed by atoms with Gasteiger partial charge in [-0.05, 0) is 92.6 Å². The van der Waals surface area contributed by atoms with E-state index in [4.69, 9.17) is 4.74 Å². The second-order valence-electron chi connectivity index (χ2n) is 9.47. The van der Waals surface area contributed by atoms with Crippen molar-refractivity contribution in [3.8, 4) is 5.75 Å². The number of ether oxygens (including phenoxy) is 1. The molecule has 0 aliphatic rings. The van der Waals surface area contributed by atoms with Crippen molar-refractivity contribution in [2.24, 2.45) is 0 Å². The van der Waals surface area contributed by atoms with Gasteiger partial charge in [0, 0.05) is 5.69 Å². The Hall–Kier alpha value is -4.35. The van der Waals surface area contributed by atoms with Crippen LogP contribution in [0.5, 0.6) is 5.75 Å². The fourth-order valence-corrected chi connectivity index (χ4v) is 6.74. The quantitative estimate of drug-likeness (QED) is 0.259. The maximum absolute atomic E-state index is 13.6. The summed E-state index contributed by atoms with van der Waals surface area (Å²) in [6, 6.07) is 23.8. The first kappa shape index (κ1) is 29.6. The highest BCUT2D eigenvalue weighted by Gasteiger charge is 2.27. The molecule has 9 nitrogen and oxygen atoms in total. The number of carbonyl (C=O) groups is 1. The van der Waals surface area contributed by atoms with Gasteiger partial charge in [0.2, 0.25) is 5.91 Å². The van der Waals surface area contributed by atoms with Crippen molar-refractivity contribution in [3.05, 3.63) is 108 Å². The summed E-state index contributed by atoms with van der Waals surface area (Å²) in [4.78, 5) is 13.1. The van der Waals surface area contributed by atoms with Gasteiger partial charge < -0.3 is 10.1 Å². The molecule has 0 atom stereocenters. The molecule has 2 N–H and O–H groups in total. The van der Waals surface area contributed by atoms with Crippen molar-refractivity contribution < 1.29 is 26.4 Å². The van der Waals surface area contributed by atoms with Crippen LogP contribution >= 0.6 is 0 Å². The molecule has 0 heterocycles. The van der Waals surface area contributed by atoms with Crippen LogP contribution in [0.4, 0.5) is 17.1 Å². The van der Waals surface area contributed by atoms with Crippen LogP contribution in [-0.2, 0) is 24.8 Å². The zero-order valence-corrected chi connectivity index (χ0v) is 24.7. The van der Waals surface area contributed by atoms with E-state index in [2.05, 4.69) is 10.0 Å². The van der Waals surface area contributed by atoms with Gasteiger partial charge in [0.25, 0.3) is 20.0 Å². The predicted molar refractivity (Wildman–Crippen MR) is 161 cm³/mol. The molecule has 0 fully saturated rings. The number of benzene rings is 4. The molecule has 1 amide bonds. The van der Waals surface area contributed by atoms with Crippen molar-refractivity contribution in [1.29, 1.82) is 0 Å². The zero-order chi connectivity index (χ0) is 29.8. The summed E-state index contributed by atoms with van der Waals surface area (Å²) in [6.07, 6.45) is 0. The lowest BCUT2D eigenvalue weighted by atomic mass is 10.1. The number of rotatable bonds is 10. The number of hydrogen-bond acceptors (Lipinski definition) is 6. The lowest BCUT2D eigenvalue weighted by Crippen LogP contribution is -2.38. The molecule has 4 rings (SSSR count). The number of para-hydroxylation sites is 1. The summed E-state index contributed by atoms with van der Waals surface area (Å²) in [5.41, 5.74) is 3.66. The van der Waals surface area contributed by atoms with Gasteiger partial charge in [-0.3, -0.25) is 13.8 Å². The van der Waals surface area contributed by atoms with Crippen molar-refractivity contribution in [1.82, 2.24) is 0 Å². The summed E-state index contributed by atoms with van der Waals surface area (Å²) in [5, 5.41) is 2.66. The van der Waals surface area contributed by atoms with Gasteiger partial charge in [0.05, 0.1) is 28.3 Å². The van der Waals surface area contributed by atoms with Crippen LogP contribution in [0.15, 0.2) is 101 Å². The molecule has 0 saturated heterocycles. The molecule has 0 saturated carbocycles. The van der Waals surface area contributed by atoms with Crippen LogP contribution in [0.2, 0.25) is 0 Å². The average Bonchev–Trinajstić information content (AvgIpc) is 2.94. The lowest BCUT2D eigenvalue weighted by Gasteiger charge is -2.24. The van der Waals surface area contributed by atoms with Crippen LogP contribution in [0.1, 0.15) is 16.7 Å². The Morgan fingerprint density at radius 2 is 1.32 bits per heavy atom. The van der Waals surface area contributed by atoms with E-state index >= 15 is 0 Å². The SMILES string of the molecule is COc1ccc(S(=O)(=O)N(CC(=O)Nc2ccc(S(=O)(=O)Nc3c(C)cccc3C)cc2)c2ccc(C)cc2)cc1. The molecule has 0 unspecified atom stereocenters. The maximum atomic E-state index is 13.6. The molecule has 0 aliphatic heterocycles. The van der Waals surface area contributed by atoms with Gasteiger partial charge in [0.15, 0.2) is 0 Å². The van der Waals surface area contributed by atoms with Crippen molar-refractivity contribution in [3.63, 3.8) is 0 Å². The van der Waals surface area contributed by atoms with Gasteiger partial charge in [-0.1, -0.05) is 35.9 Å². The van der Waals surface area contributed by atoms with Crippen LogP contribution in [0, 0.1) is 20.8 Å². The Morgan fingerprint density at radius 1 is 0.756 bits per heavy atom. The van der Waals surface area contributed by atoms with Crippen molar-refractivity contribution >= 4 is 43.0 Å². The molecule has 4 aromatic carbocycles. The van der Waals surface area contributed by atoms with E-state index in [1.54, 1.807) is 24.3 Å². The summed E-state index contributed by atoms with van der Waals surface area (Å²) in [5.74, 6) is -0.106. The summed E-state index contributed by atoms with van der Waals surface area (Å²) >= 11 is 0. The van der Waals surface area contributed by atoms with Crippen LogP contribution < -0.4 is 19.1 Å². The van der Waals surface area contributed by atoms with Crippen LogP contribution in [-0.4, -0.2) is 36.4 Å². The van der Waals surface area contributed by atoms with E-state index in [9.17, 15) is 21.6 Å². The normalized spacial score (nSPS) is 11.5. The molecule has 0 bridgehead atoms. The van der Waals surface area contributed by atoms with E-state index in [0.717, 1.165) is 21.0 Å². The number of nitrogens with zero attached hydrogens (tertiary/aromatic N) is 1. The number of amides is 1. The van der Waals surface area contributed by atoms with Gasteiger partial charge in [-0.25, -0.2) is 16.8 Å². The average molecular weight is 594 g/mol. The largest absolute Gasteiger partial charge is 0.497 e. The van der Waals surface area contributed by atoms with Gasteiger partial charge in [0.1, 0.15) is 12.3 Å². The predicted octanol–water partition coefficient (Wildman–Crippen LogP) is 5.26. The topological polar surface area (TPSA) is 122 Å². The summed E-state index contributed by atoms with van der Waals surface area (Å²) in [6.45, 7) is 5.00. The first-order chi connectivity index (χ1) is 19.4. The Kier molecular flexibility index (Phi) is 8.69. The number of aryl methyl sites for hydroxylation is 3. The number of anilines is 3. The molecule has 0 spiro atoms. The van der Waals surface area contributed by atoms with Gasteiger partial charge in [-0.15, -0.1) is 0 Å². The highest BCUT2D eigenvalue weighted by molar-refractivity contribution is 7.93. The molecular formula is C30H31N3O6S2. The third-order valence-corrected chi connectivity index (χ3v) is 9.58. The minimum atomic E-state index is -4.11. The second kappa shape index (κ2) is 12.0. The maximum Gasteiger partial charge on any atom is 0.264 e. The van der Waals surface area contributed by atoms with Gasteiger partial charge in [-0.2, -0.15) is 0 Å². The Bertz CT molecular complexity index is 1730. The molecule has 4 aromatic rings. The smallest absolute Gasteiger partial charge is 0.264 e. The zero-order valence-electron chi connectivity index (χ0n) is 23.1. The second-order valence-corrected chi connectivity index (χ2v) is 13.0. The minimum absolute atomic E-state index is 0.00220. The van der Waals surface area contributed by atoms with E-state index in [1.165, 1.54) is 55.6 Å². The minimum Gasteiger partial charge on any atom is -0.497 e. The Morgan fingerprint density at radius 3 is 1.88 bits per heavy atom. The van der Waals surface area contributed by atoms with E-state index in [-0.39, 0.29) is 9.79 Å². The lowest BCUT2D eigenvalue weighted by molar-refractivity contribution is -0.114. The summed E-state index contributed by atoms with van der Waals surface area (Å²) in [7, 11) is -6.51. The first-order valence-corrected chi connectivity index (χ1v) is 15.6.